The molecule has 6 heteroatoms. The summed E-state index contributed by atoms with van der Waals surface area (Å²) in [5, 5.41) is 8.74. The first kappa shape index (κ1) is 10.8. The number of rotatable bonds is 3. The van der Waals surface area contributed by atoms with Crippen LogP contribution in [0.1, 0.15) is 0 Å². The van der Waals surface area contributed by atoms with Gasteiger partial charge in [-0.05, 0) is 0 Å². The molecule has 2 atom stereocenters. The third kappa shape index (κ3) is 2.46. The molecule has 0 aliphatic rings. The molecule has 0 aromatic carbocycles. The molecule has 0 aromatic heterocycles. The van der Waals surface area contributed by atoms with Gasteiger partial charge in [0.15, 0.2) is 6.10 Å². The highest BCUT2D eigenvalue weighted by Gasteiger charge is 2.33. The number of hydrogen-bond donors (Lipinski definition) is 1. The van der Waals surface area contributed by atoms with Crippen molar-refractivity contribution in [3.63, 3.8) is 0 Å². The van der Waals surface area contributed by atoms with Gasteiger partial charge in [0.1, 0.15) is 0 Å². The van der Waals surface area contributed by atoms with Gasteiger partial charge in [0.25, 0.3) is 0 Å². The van der Waals surface area contributed by atoms with Crippen LogP contribution in [0.2, 0.25) is 0 Å². The number of carbonyl (C=O) groups excluding carboxylic acids is 2. The molecule has 0 aromatic rings. The van der Waals surface area contributed by atoms with Gasteiger partial charge in [-0.15, -0.1) is 0 Å². The minimum atomic E-state index is -2.40. The topological polar surface area (TPSA) is 72.8 Å². The fourth-order valence-electron chi connectivity index (χ4n) is 0.482. The molecule has 12 heavy (non-hydrogen) atoms. The largest absolute Gasteiger partial charge is 0.467 e. The first-order valence-electron chi connectivity index (χ1n) is 3.02. The van der Waals surface area contributed by atoms with Gasteiger partial charge in [-0.25, -0.2) is 14.0 Å². The fraction of sp³-hybridized carbons (Fsp3) is 0.667. The summed E-state index contributed by atoms with van der Waals surface area (Å²) < 4.78 is 20.5. The third-order valence-corrected chi connectivity index (χ3v) is 1.15. The van der Waals surface area contributed by atoms with Crippen molar-refractivity contribution in [1.82, 2.24) is 0 Å². The number of ether oxygens (including phenoxy) is 2. The molecule has 0 spiro atoms. The van der Waals surface area contributed by atoms with E-state index >= 15 is 0 Å². The average molecular weight is 180 g/mol. The second-order valence-corrected chi connectivity index (χ2v) is 1.89. The second kappa shape index (κ2) is 4.66. The summed E-state index contributed by atoms with van der Waals surface area (Å²) >= 11 is 0. The Labute approximate surface area is 68.1 Å². The molecule has 0 saturated heterocycles. The first-order chi connectivity index (χ1) is 5.54. The van der Waals surface area contributed by atoms with E-state index in [9.17, 15) is 14.0 Å². The number of aliphatic hydroxyl groups is 1. The minimum absolute atomic E-state index is 0.943. The maximum Gasteiger partial charge on any atom is 0.343 e. The molecule has 5 nitrogen and oxygen atoms in total. The van der Waals surface area contributed by atoms with E-state index in [4.69, 9.17) is 5.11 Å². The Bertz CT molecular complexity index is 161. The van der Waals surface area contributed by atoms with E-state index in [0.29, 0.717) is 0 Å². The number of aliphatic hydroxyl groups excluding tert-OH is 1. The zero-order chi connectivity index (χ0) is 9.72. The molecule has 70 valence electrons. The predicted octanol–water partition coefficient (Wildman–Crippen LogP) is -0.969. The van der Waals surface area contributed by atoms with Crippen LogP contribution in [0.4, 0.5) is 4.39 Å². The molecule has 0 rings (SSSR count). The van der Waals surface area contributed by atoms with Crippen molar-refractivity contribution in [2.24, 2.45) is 0 Å². The van der Waals surface area contributed by atoms with E-state index < -0.39 is 24.2 Å². The van der Waals surface area contributed by atoms with Gasteiger partial charge in [0.05, 0.1) is 14.2 Å². The number of halogens is 1. The van der Waals surface area contributed by atoms with Crippen LogP contribution in [0, 0.1) is 0 Å². The normalized spacial score (nSPS) is 14.7. The molecule has 0 aliphatic carbocycles. The molecule has 0 heterocycles. The summed E-state index contributed by atoms with van der Waals surface area (Å²) in [7, 11) is 1.91. The van der Waals surface area contributed by atoms with Gasteiger partial charge >= 0.3 is 11.9 Å². The lowest BCUT2D eigenvalue weighted by molar-refractivity contribution is -0.164. The number of alkyl halides is 1. The smallest absolute Gasteiger partial charge is 0.343 e. The zero-order valence-corrected chi connectivity index (χ0v) is 6.61. The van der Waals surface area contributed by atoms with Crippen molar-refractivity contribution in [1.29, 1.82) is 0 Å². The SMILES string of the molecule is COC(=O)C(O)C(F)C(=O)OC. The van der Waals surface area contributed by atoms with Crippen molar-refractivity contribution < 1.29 is 28.6 Å². The number of hydrogen-bond acceptors (Lipinski definition) is 5. The standard InChI is InChI=1S/C6H9FO5/c1-11-5(9)3(7)4(8)6(10)12-2/h3-4,8H,1-2H3. The lowest BCUT2D eigenvalue weighted by Gasteiger charge is -2.10. The Morgan fingerprint density at radius 2 is 1.67 bits per heavy atom. The van der Waals surface area contributed by atoms with Gasteiger partial charge < -0.3 is 14.6 Å². The monoisotopic (exact) mass is 180 g/mol. The molecular weight excluding hydrogens is 171 g/mol. The molecular formula is C6H9FO5. The maximum absolute atomic E-state index is 12.6. The van der Waals surface area contributed by atoms with Gasteiger partial charge in [0.2, 0.25) is 6.17 Å². The summed E-state index contributed by atoms with van der Waals surface area (Å²) in [6.07, 6.45) is -4.52. The van der Waals surface area contributed by atoms with E-state index in [1.54, 1.807) is 0 Å². The number of methoxy groups -OCH3 is 2. The molecule has 0 fully saturated rings. The maximum atomic E-state index is 12.6. The van der Waals surface area contributed by atoms with E-state index in [0.717, 1.165) is 14.2 Å². The minimum Gasteiger partial charge on any atom is -0.467 e. The Morgan fingerprint density at radius 1 is 1.25 bits per heavy atom. The van der Waals surface area contributed by atoms with Gasteiger partial charge in [0, 0.05) is 0 Å². The highest BCUT2D eigenvalue weighted by atomic mass is 19.1. The van der Waals surface area contributed by atoms with Crippen molar-refractivity contribution >= 4 is 11.9 Å². The van der Waals surface area contributed by atoms with E-state index in [-0.39, 0.29) is 0 Å². The predicted molar refractivity (Wildman–Crippen MR) is 34.9 cm³/mol. The van der Waals surface area contributed by atoms with Crippen LogP contribution in [-0.2, 0) is 19.1 Å². The van der Waals surface area contributed by atoms with Crippen molar-refractivity contribution in [3.8, 4) is 0 Å². The second-order valence-electron chi connectivity index (χ2n) is 1.89. The number of esters is 2. The van der Waals surface area contributed by atoms with E-state index in [1.807, 2.05) is 0 Å². The first-order valence-corrected chi connectivity index (χ1v) is 3.02. The fourth-order valence-corrected chi connectivity index (χ4v) is 0.482. The van der Waals surface area contributed by atoms with Gasteiger partial charge in [-0.1, -0.05) is 0 Å². The summed E-state index contributed by atoms with van der Waals surface area (Å²) in [5.74, 6) is -2.53. The summed E-state index contributed by atoms with van der Waals surface area (Å²) in [6.45, 7) is 0. The van der Waals surface area contributed by atoms with Gasteiger partial charge in [-0.3, -0.25) is 0 Å². The molecule has 0 bridgehead atoms. The average Bonchev–Trinajstić information content (AvgIpc) is 2.12. The quantitative estimate of drug-likeness (QED) is 0.566. The van der Waals surface area contributed by atoms with Crippen LogP contribution in [0.3, 0.4) is 0 Å². The van der Waals surface area contributed by atoms with Crippen molar-refractivity contribution in [3.05, 3.63) is 0 Å². The van der Waals surface area contributed by atoms with Gasteiger partial charge in [-0.2, -0.15) is 0 Å². The highest BCUT2D eigenvalue weighted by molar-refractivity contribution is 5.85. The van der Waals surface area contributed by atoms with Crippen LogP contribution >= 0.6 is 0 Å². The number of carbonyl (C=O) groups is 2. The third-order valence-electron chi connectivity index (χ3n) is 1.15. The highest BCUT2D eigenvalue weighted by Crippen LogP contribution is 2.02. The van der Waals surface area contributed by atoms with Crippen LogP contribution in [0.5, 0.6) is 0 Å². The molecule has 0 aliphatic heterocycles. The van der Waals surface area contributed by atoms with Crippen LogP contribution in [0.25, 0.3) is 0 Å². The van der Waals surface area contributed by atoms with E-state index in [2.05, 4.69) is 9.47 Å². The molecule has 0 saturated carbocycles. The van der Waals surface area contributed by atoms with E-state index in [1.165, 1.54) is 0 Å². The van der Waals surface area contributed by atoms with Crippen LogP contribution in [-0.4, -0.2) is 43.5 Å². The lowest BCUT2D eigenvalue weighted by atomic mass is 10.2. The van der Waals surface area contributed by atoms with Crippen molar-refractivity contribution in [2.75, 3.05) is 14.2 Å². The zero-order valence-electron chi connectivity index (χ0n) is 6.61. The molecule has 1 N–H and O–H groups in total. The molecule has 0 radical (unpaired) electrons. The van der Waals surface area contributed by atoms with Crippen molar-refractivity contribution in [2.45, 2.75) is 12.3 Å². The Morgan fingerprint density at radius 3 is 2.00 bits per heavy atom. The summed E-state index contributed by atoms with van der Waals surface area (Å²) in [5.41, 5.74) is 0. The Hall–Kier alpha value is -1.17. The van der Waals surface area contributed by atoms with Crippen LogP contribution < -0.4 is 0 Å². The Kier molecular flexibility index (Phi) is 4.20. The molecule has 0 amide bonds. The summed E-state index contributed by atoms with van der Waals surface area (Å²) in [6, 6.07) is 0. The Balaban J connectivity index is 4.18. The molecule has 2 unspecified atom stereocenters. The summed E-state index contributed by atoms with van der Waals surface area (Å²) in [4.78, 5) is 20.9. The van der Waals surface area contributed by atoms with Crippen LogP contribution in [0.15, 0.2) is 0 Å². The lowest BCUT2D eigenvalue weighted by Crippen LogP contribution is -2.37.